The van der Waals surface area contributed by atoms with Gasteiger partial charge < -0.3 is 19.1 Å². The Kier molecular flexibility index (Phi) is 15.9. The molecule has 0 aromatic carbocycles. The smallest absolute Gasteiger partial charge is 0.325 e. The zero-order valence-electron chi connectivity index (χ0n) is 15.8. The lowest BCUT2D eigenvalue weighted by atomic mass is 10.2. The van der Waals surface area contributed by atoms with E-state index in [9.17, 15) is 4.79 Å². The van der Waals surface area contributed by atoms with E-state index in [-0.39, 0.29) is 24.7 Å². The number of likely N-dealkylation sites (N-methyl/N-ethyl adjacent to an activating group) is 1. The molecule has 144 valence electrons. The van der Waals surface area contributed by atoms with Gasteiger partial charge in [0, 0.05) is 13.7 Å². The monoisotopic (exact) mass is 363 g/mol. The predicted octanol–water partition coefficient (Wildman–Crippen LogP) is 2.56. The number of carbonyl (C=O) groups excluding carboxylic acids is 1. The van der Waals surface area contributed by atoms with Gasteiger partial charge in [0.15, 0.2) is 0 Å². The van der Waals surface area contributed by atoms with E-state index in [1.165, 1.54) is 31.4 Å². The summed E-state index contributed by atoms with van der Waals surface area (Å²) in [4.78, 5) is 13.2. The fraction of sp³-hybridized carbons (Fsp3) is 0.632. The molecule has 0 unspecified atom stereocenters. The van der Waals surface area contributed by atoms with Crippen LogP contribution in [-0.2, 0) is 19.0 Å². The van der Waals surface area contributed by atoms with E-state index in [4.69, 9.17) is 24.7 Å². The Labute approximate surface area is 156 Å². The van der Waals surface area contributed by atoms with Crippen LogP contribution in [0.2, 0.25) is 0 Å². The minimum absolute atomic E-state index is 0.000635. The molecule has 0 bridgehead atoms. The molecule has 0 aromatic rings. The molecular formula is C19H29N3O4. The summed E-state index contributed by atoms with van der Waals surface area (Å²) in [6, 6.07) is 3.49. The van der Waals surface area contributed by atoms with E-state index in [1.54, 1.807) is 30.3 Å². The highest BCUT2D eigenvalue weighted by Crippen LogP contribution is 1.98. The number of ether oxygens (including phenoxy) is 3. The van der Waals surface area contributed by atoms with Crippen LogP contribution in [-0.4, -0.2) is 57.5 Å². The molecule has 0 atom stereocenters. The quantitative estimate of drug-likeness (QED) is 0.191. The first-order valence-corrected chi connectivity index (χ1v) is 8.84. The summed E-state index contributed by atoms with van der Waals surface area (Å²) < 4.78 is 15.8. The van der Waals surface area contributed by atoms with Crippen molar-refractivity contribution in [3.63, 3.8) is 0 Å². The third-order valence-corrected chi connectivity index (χ3v) is 3.23. The Morgan fingerprint density at radius 1 is 1.00 bits per heavy atom. The maximum atomic E-state index is 11.6. The highest BCUT2D eigenvalue weighted by molar-refractivity contribution is 5.71. The number of hydrogen-bond acceptors (Lipinski definition) is 7. The molecule has 0 heterocycles. The van der Waals surface area contributed by atoms with Crippen LogP contribution in [0, 0.1) is 22.7 Å². The van der Waals surface area contributed by atoms with E-state index in [1.807, 2.05) is 0 Å². The standard InChI is InChI=1S/C19H29N3O4/c1-3-4-5-6-10-24-11-12-25-13-14-26-19(23)17-22(2)9-7-8-18(15-20)16-21/h7-9H,3-6,10-14,17H2,1-2H3/b9-7+. The van der Waals surface area contributed by atoms with E-state index in [2.05, 4.69) is 6.92 Å². The lowest BCUT2D eigenvalue weighted by Crippen LogP contribution is -2.24. The van der Waals surface area contributed by atoms with E-state index >= 15 is 0 Å². The van der Waals surface area contributed by atoms with Crippen LogP contribution >= 0.6 is 0 Å². The van der Waals surface area contributed by atoms with Gasteiger partial charge in [0.05, 0.1) is 19.8 Å². The van der Waals surface area contributed by atoms with Crippen LogP contribution in [0.3, 0.4) is 0 Å². The largest absolute Gasteiger partial charge is 0.462 e. The molecule has 0 aliphatic heterocycles. The Hall–Kier alpha value is -2.35. The molecule has 0 aliphatic carbocycles. The second-order valence-electron chi connectivity index (χ2n) is 5.57. The molecule has 0 radical (unpaired) electrons. The van der Waals surface area contributed by atoms with Crippen LogP contribution < -0.4 is 0 Å². The summed E-state index contributed by atoms with van der Waals surface area (Å²) in [6.07, 6.45) is 9.23. The number of unbranched alkanes of at least 4 members (excludes halogenated alkanes) is 3. The lowest BCUT2D eigenvalue weighted by Gasteiger charge is -2.12. The fourth-order valence-corrected chi connectivity index (χ4v) is 1.86. The van der Waals surface area contributed by atoms with Gasteiger partial charge in [0.2, 0.25) is 0 Å². The van der Waals surface area contributed by atoms with Gasteiger partial charge >= 0.3 is 5.97 Å². The van der Waals surface area contributed by atoms with Crippen molar-refractivity contribution >= 4 is 5.97 Å². The minimum atomic E-state index is -0.377. The van der Waals surface area contributed by atoms with Gasteiger partial charge in [-0.05, 0) is 24.8 Å². The zero-order valence-corrected chi connectivity index (χ0v) is 15.8. The van der Waals surface area contributed by atoms with E-state index < -0.39 is 0 Å². The molecular weight excluding hydrogens is 334 g/mol. The Bertz CT molecular complexity index is 502. The van der Waals surface area contributed by atoms with Crippen molar-refractivity contribution < 1.29 is 19.0 Å². The average Bonchev–Trinajstić information content (AvgIpc) is 2.63. The van der Waals surface area contributed by atoms with Gasteiger partial charge in [-0.25, -0.2) is 0 Å². The summed E-state index contributed by atoms with van der Waals surface area (Å²) in [7, 11) is 1.69. The third-order valence-electron chi connectivity index (χ3n) is 3.23. The van der Waals surface area contributed by atoms with Crippen molar-refractivity contribution in [2.75, 3.05) is 46.6 Å². The molecule has 7 heteroatoms. The van der Waals surface area contributed by atoms with Gasteiger partial charge in [-0.3, -0.25) is 4.79 Å². The molecule has 0 fully saturated rings. The number of carbonyl (C=O) groups is 1. The molecule has 0 aromatic heterocycles. The average molecular weight is 363 g/mol. The van der Waals surface area contributed by atoms with Crippen molar-refractivity contribution in [3.05, 3.63) is 23.9 Å². The van der Waals surface area contributed by atoms with Gasteiger partial charge in [-0.15, -0.1) is 0 Å². The van der Waals surface area contributed by atoms with Crippen LogP contribution in [0.5, 0.6) is 0 Å². The second kappa shape index (κ2) is 17.5. The molecule has 26 heavy (non-hydrogen) atoms. The van der Waals surface area contributed by atoms with Crippen LogP contribution in [0.15, 0.2) is 23.9 Å². The first kappa shape index (κ1) is 23.6. The molecule has 0 rings (SSSR count). The Morgan fingerprint density at radius 2 is 1.65 bits per heavy atom. The maximum Gasteiger partial charge on any atom is 0.325 e. The molecule has 0 saturated carbocycles. The third kappa shape index (κ3) is 15.2. The molecule has 0 spiro atoms. The zero-order chi connectivity index (χ0) is 19.5. The summed E-state index contributed by atoms with van der Waals surface area (Å²) in [5, 5.41) is 17.2. The number of nitriles is 2. The van der Waals surface area contributed by atoms with Gasteiger partial charge in [0.1, 0.15) is 30.9 Å². The Morgan fingerprint density at radius 3 is 2.31 bits per heavy atom. The number of esters is 1. The van der Waals surface area contributed by atoms with Crippen molar-refractivity contribution in [1.82, 2.24) is 4.90 Å². The van der Waals surface area contributed by atoms with Crippen molar-refractivity contribution in [3.8, 4) is 12.1 Å². The lowest BCUT2D eigenvalue weighted by molar-refractivity contribution is -0.145. The number of allylic oxidation sites excluding steroid dienone is 3. The first-order chi connectivity index (χ1) is 12.6. The van der Waals surface area contributed by atoms with E-state index in [0.717, 1.165) is 13.0 Å². The Balaban J connectivity index is 3.60. The number of hydrogen-bond donors (Lipinski definition) is 0. The molecule has 0 N–H and O–H groups in total. The number of rotatable bonds is 15. The van der Waals surface area contributed by atoms with Crippen molar-refractivity contribution in [2.45, 2.75) is 32.6 Å². The van der Waals surface area contributed by atoms with Crippen molar-refractivity contribution in [2.24, 2.45) is 0 Å². The summed E-state index contributed by atoms with van der Waals surface area (Å²) >= 11 is 0. The highest BCUT2D eigenvalue weighted by atomic mass is 16.6. The maximum absolute atomic E-state index is 11.6. The second-order valence-corrected chi connectivity index (χ2v) is 5.57. The molecule has 0 amide bonds. The highest BCUT2D eigenvalue weighted by Gasteiger charge is 2.04. The summed E-state index contributed by atoms with van der Waals surface area (Å²) in [5.74, 6) is -0.377. The SMILES string of the molecule is CCCCCCOCCOCCOC(=O)CN(C)/C=C/C=C(C#N)C#N. The molecule has 0 aliphatic rings. The fourth-order valence-electron chi connectivity index (χ4n) is 1.86. The molecule has 7 nitrogen and oxygen atoms in total. The van der Waals surface area contributed by atoms with Gasteiger partial charge in [-0.1, -0.05) is 26.2 Å². The van der Waals surface area contributed by atoms with Crippen molar-refractivity contribution in [1.29, 1.82) is 10.5 Å². The van der Waals surface area contributed by atoms with Gasteiger partial charge in [0.25, 0.3) is 0 Å². The topological polar surface area (TPSA) is 95.6 Å². The summed E-state index contributed by atoms with van der Waals surface area (Å²) in [5.41, 5.74) is -0.000635. The number of nitrogens with zero attached hydrogens (tertiary/aromatic N) is 3. The normalized spacial score (nSPS) is 10.2. The minimum Gasteiger partial charge on any atom is -0.462 e. The predicted molar refractivity (Wildman–Crippen MR) is 97.8 cm³/mol. The van der Waals surface area contributed by atoms with Crippen LogP contribution in [0.25, 0.3) is 0 Å². The van der Waals surface area contributed by atoms with Crippen LogP contribution in [0.1, 0.15) is 32.6 Å². The molecule has 0 saturated heterocycles. The first-order valence-electron chi connectivity index (χ1n) is 8.84. The van der Waals surface area contributed by atoms with Gasteiger partial charge in [-0.2, -0.15) is 10.5 Å². The van der Waals surface area contributed by atoms with E-state index in [0.29, 0.717) is 19.8 Å². The van der Waals surface area contributed by atoms with Crippen LogP contribution in [0.4, 0.5) is 0 Å². The summed E-state index contributed by atoms with van der Waals surface area (Å²) in [6.45, 7) is 4.57.